The molecule has 12 aromatic rings. The molecule has 0 aliphatic heterocycles. The van der Waals surface area contributed by atoms with Crippen molar-refractivity contribution in [2.45, 2.75) is 27.2 Å². The molecule has 0 spiro atoms. The average molecular weight is 977 g/mol. The van der Waals surface area contributed by atoms with Crippen LogP contribution in [0.4, 0.5) is 17.1 Å². The molecule has 12 rings (SSSR count). The number of aromatic nitrogens is 1. The largest absolute Gasteiger partial charge is 0.314 e. The van der Waals surface area contributed by atoms with E-state index in [1.54, 1.807) is 0 Å². The van der Waals surface area contributed by atoms with Gasteiger partial charge in [-0.3, -0.25) is 0 Å². The van der Waals surface area contributed by atoms with E-state index in [-0.39, 0.29) is 5.92 Å². The van der Waals surface area contributed by atoms with E-state index in [2.05, 4.69) is 310 Å². The fraction of sp³-hybridized carbons (Fsp3) is 0.0811. The molecule has 2 unspecified atom stereocenters. The molecule has 366 valence electrons. The highest BCUT2D eigenvalue weighted by molar-refractivity contribution is 6.25. The first-order valence-corrected chi connectivity index (χ1v) is 26.7. The summed E-state index contributed by atoms with van der Waals surface area (Å²) in [6.07, 6.45) is 11.7. The van der Waals surface area contributed by atoms with Crippen LogP contribution in [0.25, 0.3) is 93.4 Å². The minimum Gasteiger partial charge on any atom is -0.314 e. The minimum atomic E-state index is 0.266. The van der Waals surface area contributed by atoms with Crippen LogP contribution < -0.4 is 4.90 Å². The molecule has 2 nitrogen and oxygen atoms in total. The summed E-state index contributed by atoms with van der Waals surface area (Å²) in [6, 6.07) is 89.0. The van der Waals surface area contributed by atoms with Gasteiger partial charge in [0.25, 0.3) is 0 Å². The van der Waals surface area contributed by atoms with E-state index in [1.807, 2.05) is 0 Å². The molecule has 0 saturated carbocycles. The number of anilines is 3. The number of hydrogen-bond donors (Lipinski definition) is 0. The second-order valence-corrected chi connectivity index (χ2v) is 20.0. The van der Waals surface area contributed by atoms with Crippen LogP contribution in [0.2, 0.25) is 0 Å². The van der Waals surface area contributed by atoms with Gasteiger partial charge in [0.1, 0.15) is 0 Å². The van der Waals surface area contributed by atoms with Gasteiger partial charge >= 0.3 is 0 Å². The Morgan fingerprint density at radius 2 is 0.987 bits per heavy atom. The van der Waals surface area contributed by atoms with Gasteiger partial charge in [0.05, 0.1) is 11.2 Å². The summed E-state index contributed by atoms with van der Waals surface area (Å²) in [4.78, 5) is 2.42. The maximum Gasteiger partial charge on any atom is 0.0540 e. The minimum absolute atomic E-state index is 0.266. The molecular formula is C74H60N2. The van der Waals surface area contributed by atoms with Gasteiger partial charge in [0, 0.05) is 33.5 Å². The van der Waals surface area contributed by atoms with Crippen LogP contribution in [0.1, 0.15) is 25.1 Å². The van der Waals surface area contributed by atoms with Crippen LogP contribution in [0.3, 0.4) is 0 Å². The Morgan fingerprint density at radius 3 is 1.61 bits per heavy atom. The van der Waals surface area contributed by atoms with E-state index in [1.165, 1.54) is 99.0 Å². The van der Waals surface area contributed by atoms with Crippen LogP contribution in [-0.2, 0) is 6.42 Å². The van der Waals surface area contributed by atoms with Crippen molar-refractivity contribution in [3.63, 3.8) is 0 Å². The van der Waals surface area contributed by atoms with Gasteiger partial charge in [-0.2, -0.15) is 0 Å². The van der Waals surface area contributed by atoms with Crippen LogP contribution in [-0.4, -0.2) is 4.57 Å². The Balaban J connectivity index is 0.994. The fourth-order valence-electron chi connectivity index (χ4n) is 11.8. The molecule has 0 bridgehead atoms. The van der Waals surface area contributed by atoms with E-state index >= 15 is 0 Å². The van der Waals surface area contributed by atoms with E-state index in [4.69, 9.17) is 0 Å². The lowest BCUT2D eigenvalue weighted by Gasteiger charge is -2.28. The molecule has 0 saturated heterocycles. The molecule has 76 heavy (non-hydrogen) atoms. The predicted octanol–water partition coefficient (Wildman–Crippen LogP) is 20.6. The van der Waals surface area contributed by atoms with E-state index in [0.717, 1.165) is 29.2 Å². The smallest absolute Gasteiger partial charge is 0.0540 e. The molecular weight excluding hydrogens is 917 g/mol. The highest BCUT2D eigenvalue weighted by Crippen LogP contribution is 2.49. The number of nitrogens with zero attached hydrogens (tertiary/aromatic N) is 2. The van der Waals surface area contributed by atoms with E-state index < -0.39 is 0 Å². The monoisotopic (exact) mass is 976 g/mol. The summed E-state index contributed by atoms with van der Waals surface area (Å²) in [5.41, 5.74) is 18.1. The van der Waals surface area contributed by atoms with E-state index in [0.29, 0.717) is 5.92 Å². The van der Waals surface area contributed by atoms with Crippen molar-refractivity contribution in [1.29, 1.82) is 0 Å². The first kappa shape index (κ1) is 47.7. The summed E-state index contributed by atoms with van der Waals surface area (Å²) in [6.45, 7) is 11.0. The quantitative estimate of drug-likeness (QED) is 0.0599. The molecule has 0 aliphatic carbocycles. The molecule has 2 heteroatoms. The molecule has 1 aromatic heterocycles. The van der Waals surface area contributed by atoms with Crippen LogP contribution in [0.15, 0.2) is 280 Å². The zero-order chi connectivity index (χ0) is 51.5. The van der Waals surface area contributed by atoms with Gasteiger partial charge in [-0.25, -0.2) is 0 Å². The SMILES string of the molecule is C=CC(Cc1c(C)n(-c2ccc(N(c3ccccc3)c3ccc(-c4c5ccccc5c(-c5ccccc5-c5ccccc5)c5ccccc45)c4ccccc34)cc2)c2ccc(-c3ccccc3)cc12)C(C)/C=C\C=C/C. The van der Waals surface area contributed by atoms with Crippen LogP contribution in [0.5, 0.6) is 0 Å². The number of hydrogen-bond acceptors (Lipinski definition) is 1. The highest BCUT2D eigenvalue weighted by Gasteiger charge is 2.24. The van der Waals surface area contributed by atoms with Crippen LogP contribution >= 0.6 is 0 Å². The van der Waals surface area contributed by atoms with Crippen LogP contribution in [0, 0.1) is 18.8 Å². The lowest BCUT2D eigenvalue weighted by atomic mass is 9.83. The lowest BCUT2D eigenvalue weighted by Crippen LogP contribution is -2.11. The second-order valence-electron chi connectivity index (χ2n) is 20.0. The van der Waals surface area contributed by atoms with Crippen molar-refractivity contribution < 1.29 is 0 Å². The molecule has 2 atom stereocenters. The molecule has 1 heterocycles. The van der Waals surface area contributed by atoms with Gasteiger partial charge in [0.15, 0.2) is 0 Å². The summed E-state index contributed by atoms with van der Waals surface area (Å²) in [7, 11) is 0. The number of rotatable bonds is 14. The predicted molar refractivity (Wildman–Crippen MR) is 327 cm³/mol. The summed E-state index contributed by atoms with van der Waals surface area (Å²) < 4.78 is 2.46. The Hall–Kier alpha value is -9.24. The molecule has 0 N–H and O–H groups in total. The van der Waals surface area contributed by atoms with Gasteiger partial charge in [-0.05, 0) is 164 Å². The zero-order valence-electron chi connectivity index (χ0n) is 43.4. The molecule has 0 fully saturated rings. The lowest BCUT2D eigenvalue weighted by molar-refractivity contribution is 0.510. The third kappa shape index (κ3) is 8.72. The van der Waals surface area contributed by atoms with Gasteiger partial charge in [-0.1, -0.05) is 225 Å². The second kappa shape index (κ2) is 20.9. The highest BCUT2D eigenvalue weighted by atomic mass is 15.1. The van der Waals surface area contributed by atoms with Crippen molar-refractivity contribution in [2.24, 2.45) is 11.8 Å². The normalized spacial score (nSPS) is 12.6. The summed E-state index contributed by atoms with van der Waals surface area (Å²) in [5.74, 6) is 0.590. The van der Waals surface area contributed by atoms with E-state index in [9.17, 15) is 0 Å². The maximum absolute atomic E-state index is 4.35. The molecule has 0 aliphatic rings. The third-order valence-corrected chi connectivity index (χ3v) is 15.6. The topological polar surface area (TPSA) is 8.17 Å². The number of benzene rings is 11. The fourth-order valence-corrected chi connectivity index (χ4v) is 11.8. The van der Waals surface area contributed by atoms with Crippen molar-refractivity contribution in [3.05, 3.63) is 291 Å². The molecule has 0 radical (unpaired) electrons. The Labute approximate surface area is 447 Å². The Kier molecular flexibility index (Phi) is 13.2. The number of allylic oxidation sites excluding steroid dienone is 5. The Bertz CT molecular complexity index is 4070. The van der Waals surface area contributed by atoms with Crippen molar-refractivity contribution in [1.82, 2.24) is 4.57 Å². The first-order valence-electron chi connectivity index (χ1n) is 26.7. The third-order valence-electron chi connectivity index (χ3n) is 15.6. The summed E-state index contributed by atoms with van der Waals surface area (Å²) >= 11 is 0. The number of para-hydroxylation sites is 1. The molecule has 0 amide bonds. The standard InChI is InChI=1S/C74H60N2/c1-5-7-11-26-51(3)53(6-2)49-69-52(4)75(72-47-41-56(50-70(69)72)54-27-12-8-13-28-54)58-42-44-59(45-43-58)76(57-31-16-10-17-32-57)71-48-46-68(61-34-19-20-35-62(61)71)74-66-39-24-22-37-64(66)73(65-38-23-25-40-67(65)74)63-36-21-18-33-60(63)55-29-14-9-15-30-55/h5-48,50-51,53H,2,49H2,1,3-4H3/b7-5-,26-11-. The first-order chi connectivity index (χ1) is 37.5. The van der Waals surface area contributed by atoms with Gasteiger partial charge < -0.3 is 9.47 Å². The average Bonchev–Trinajstić information content (AvgIpc) is 3.87. The molecule has 11 aromatic carbocycles. The Morgan fingerprint density at radius 1 is 0.461 bits per heavy atom. The van der Waals surface area contributed by atoms with Crippen molar-refractivity contribution in [2.75, 3.05) is 4.90 Å². The maximum atomic E-state index is 4.35. The summed E-state index contributed by atoms with van der Waals surface area (Å²) in [5, 5.41) is 8.60. The van der Waals surface area contributed by atoms with Crippen molar-refractivity contribution >= 4 is 60.3 Å². The zero-order valence-corrected chi connectivity index (χ0v) is 43.4. The van der Waals surface area contributed by atoms with Crippen molar-refractivity contribution in [3.8, 4) is 50.2 Å². The number of fused-ring (bicyclic) bond motifs is 4. The van der Waals surface area contributed by atoms with Gasteiger partial charge in [0.2, 0.25) is 0 Å². The van der Waals surface area contributed by atoms with Gasteiger partial charge in [-0.15, -0.1) is 6.58 Å².